The van der Waals surface area contributed by atoms with Gasteiger partial charge in [0.05, 0.1) is 11.6 Å². The van der Waals surface area contributed by atoms with Gasteiger partial charge in [-0.25, -0.2) is 0 Å². The van der Waals surface area contributed by atoms with E-state index in [1.807, 2.05) is 60.1 Å². The molecule has 2 aromatic carbocycles. The van der Waals surface area contributed by atoms with E-state index in [9.17, 15) is 4.79 Å². The molecule has 0 aliphatic heterocycles. The van der Waals surface area contributed by atoms with E-state index in [1.165, 1.54) is 11.3 Å². The van der Waals surface area contributed by atoms with E-state index in [4.69, 9.17) is 11.6 Å². The predicted molar refractivity (Wildman–Crippen MR) is 107 cm³/mol. The predicted octanol–water partition coefficient (Wildman–Crippen LogP) is 5.36. The van der Waals surface area contributed by atoms with Crippen molar-refractivity contribution in [3.05, 3.63) is 81.8 Å². The number of nitrogens with one attached hydrogen (secondary N) is 1. The zero-order valence-corrected chi connectivity index (χ0v) is 15.6. The highest BCUT2D eigenvalue weighted by molar-refractivity contribution is 7.21. The van der Waals surface area contributed by atoms with Crippen LogP contribution in [0.3, 0.4) is 0 Å². The summed E-state index contributed by atoms with van der Waals surface area (Å²) in [6.45, 7) is 2.63. The van der Waals surface area contributed by atoms with Crippen molar-refractivity contribution in [1.29, 1.82) is 0 Å². The smallest absolute Gasteiger partial charge is 0.268 e. The van der Waals surface area contributed by atoms with Crippen LogP contribution in [-0.2, 0) is 6.54 Å². The molecule has 0 atom stereocenters. The summed E-state index contributed by atoms with van der Waals surface area (Å²) >= 11 is 7.77. The van der Waals surface area contributed by atoms with Crippen molar-refractivity contribution in [3.63, 3.8) is 0 Å². The van der Waals surface area contributed by atoms with Gasteiger partial charge in [-0.3, -0.25) is 9.48 Å². The van der Waals surface area contributed by atoms with E-state index in [-0.39, 0.29) is 5.91 Å². The molecule has 1 amide bonds. The maximum atomic E-state index is 12.6. The molecule has 0 spiro atoms. The monoisotopic (exact) mass is 381 g/mol. The Kier molecular flexibility index (Phi) is 4.49. The van der Waals surface area contributed by atoms with Crippen LogP contribution in [0.1, 0.15) is 20.9 Å². The second-order valence-corrected chi connectivity index (χ2v) is 7.44. The van der Waals surface area contributed by atoms with Crippen molar-refractivity contribution in [1.82, 2.24) is 9.78 Å². The Bertz CT molecular complexity index is 1090. The van der Waals surface area contributed by atoms with Gasteiger partial charge in [-0.2, -0.15) is 5.10 Å². The summed E-state index contributed by atoms with van der Waals surface area (Å²) in [6.07, 6.45) is 0. The van der Waals surface area contributed by atoms with Crippen LogP contribution in [0.5, 0.6) is 0 Å². The largest absolute Gasteiger partial charge is 0.304 e. The molecule has 0 aliphatic carbocycles. The number of hydrogen-bond donors (Lipinski definition) is 1. The Morgan fingerprint density at radius 2 is 1.88 bits per heavy atom. The number of nitrogens with zero attached hydrogens (tertiary/aromatic N) is 2. The average molecular weight is 382 g/mol. The molecule has 0 aliphatic rings. The third kappa shape index (κ3) is 3.23. The Labute approximate surface area is 160 Å². The first-order valence-electron chi connectivity index (χ1n) is 8.18. The van der Waals surface area contributed by atoms with E-state index in [1.54, 1.807) is 0 Å². The minimum absolute atomic E-state index is 0.236. The van der Waals surface area contributed by atoms with Crippen LogP contribution in [0.25, 0.3) is 10.1 Å². The Balaban J connectivity index is 1.56. The number of carbonyl (C=O) groups is 1. The fraction of sp³-hybridized carbons (Fsp3) is 0.100. The molecule has 0 radical (unpaired) electrons. The van der Waals surface area contributed by atoms with Crippen LogP contribution in [0.4, 0.5) is 5.82 Å². The number of aromatic nitrogens is 2. The van der Waals surface area contributed by atoms with Crippen molar-refractivity contribution in [3.8, 4) is 0 Å². The van der Waals surface area contributed by atoms with Gasteiger partial charge in [-0.1, -0.05) is 60.1 Å². The quantitative estimate of drug-likeness (QED) is 0.517. The topological polar surface area (TPSA) is 46.9 Å². The lowest BCUT2D eigenvalue weighted by atomic mass is 10.2. The van der Waals surface area contributed by atoms with Crippen molar-refractivity contribution in [2.75, 3.05) is 5.32 Å². The number of carbonyl (C=O) groups excluding carboxylic acids is 1. The molecule has 4 nitrogen and oxygen atoms in total. The molecule has 0 saturated heterocycles. The van der Waals surface area contributed by atoms with Gasteiger partial charge >= 0.3 is 0 Å². The molecule has 2 heterocycles. The van der Waals surface area contributed by atoms with Crippen molar-refractivity contribution in [2.24, 2.45) is 0 Å². The molecule has 0 saturated carbocycles. The number of amides is 1. The Morgan fingerprint density at radius 1 is 1.15 bits per heavy atom. The van der Waals surface area contributed by atoms with Gasteiger partial charge in [0.2, 0.25) is 0 Å². The first kappa shape index (κ1) is 16.8. The first-order valence-corrected chi connectivity index (χ1v) is 9.38. The van der Waals surface area contributed by atoms with Crippen LogP contribution in [0.15, 0.2) is 60.7 Å². The third-order valence-electron chi connectivity index (χ3n) is 4.14. The number of halogens is 1. The number of aryl methyl sites for hydroxylation is 1. The van der Waals surface area contributed by atoms with Gasteiger partial charge in [0.25, 0.3) is 5.91 Å². The van der Waals surface area contributed by atoms with Crippen molar-refractivity contribution < 1.29 is 4.79 Å². The van der Waals surface area contributed by atoms with Crippen LogP contribution in [0, 0.1) is 6.92 Å². The average Bonchev–Trinajstić information content (AvgIpc) is 3.16. The zero-order valence-electron chi connectivity index (χ0n) is 14.1. The Morgan fingerprint density at radius 3 is 2.65 bits per heavy atom. The van der Waals surface area contributed by atoms with E-state index >= 15 is 0 Å². The van der Waals surface area contributed by atoms with Crippen LogP contribution < -0.4 is 5.32 Å². The summed E-state index contributed by atoms with van der Waals surface area (Å²) in [7, 11) is 0. The number of fused-ring (bicyclic) bond motifs is 1. The lowest BCUT2D eigenvalue weighted by Gasteiger charge is -2.04. The zero-order chi connectivity index (χ0) is 18.1. The molecule has 130 valence electrons. The summed E-state index contributed by atoms with van der Waals surface area (Å²) in [5.74, 6) is 0.289. The number of rotatable bonds is 4. The van der Waals surface area contributed by atoms with Crippen LogP contribution >= 0.6 is 22.9 Å². The lowest BCUT2D eigenvalue weighted by molar-refractivity contribution is 0.103. The van der Waals surface area contributed by atoms with E-state index in [0.717, 1.165) is 21.3 Å². The van der Waals surface area contributed by atoms with Gasteiger partial charge < -0.3 is 5.32 Å². The molecule has 6 heteroatoms. The van der Waals surface area contributed by atoms with Crippen LogP contribution in [-0.4, -0.2) is 15.7 Å². The van der Waals surface area contributed by atoms with Crippen LogP contribution in [0.2, 0.25) is 5.02 Å². The standard InChI is InChI=1S/C20H16ClN3OS/c1-13-11-17(23-24(13)12-14-7-3-2-4-8-14)22-20(25)19-18(21)15-9-5-6-10-16(15)26-19/h2-11H,12H2,1H3,(H,22,23,25). The summed E-state index contributed by atoms with van der Waals surface area (Å²) in [4.78, 5) is 13.2. The molecule has 0 unspecified atom stereocenters. The number of anilines is 1. The second kappa shape index (κ2) is 6.94. The minimum Gasteiger partial charge on any atom is -0.304 e. The molecule has 4 aromatic rings. The van der Waals surface area contributed by atoms with Gasteiger partial charge in [0.1, 0.15) is 4.88 Å². The normalized spacial score (nSPS) is 11.0. The van der Waals surface area contributed by atoms with Gasteiger partial charge in [-0.15, -0.1) is 11.3 Å². The van der Waals surface area contributed by atoms with Crippen molar-refractivity contribution >= 4 is 44.7 Å². The number of benzene rings is 2. The second-order valence-electron chi connectivity index (χ2n) is 6.01. The molecule has 1 N–H and O–H groups in total. The maximum absolute atomic E-state index is 12.6. The molecule has 0 fully saturated rings. The van der Waals surface area contributed by atoms with Gasteiger partial charge in [-0.05, 0) is 18.6 Å². The molecule has 0 bridgehead atoms. The summed E-state index contributed by atoms with van der Waals surface area (Å²) in [5, 5.41) is 8.75. The SMILES string of the molecule is Cc1cc(NC(=O)c2sc3ccccc3c2Cl)nn1Cc1ccccc1. The highest BCUT2D eigenvalue weighted by Crippen LogP contribution is 2.35. The van der Waals surface area contributed by atoms with E-state index in [2.05, 4.69) is 22.5 Å². The third-order valence-corrected chi connectivity index (χ3v) is 5.81. The fourth-order valence-electron chi connectivity index (χ4n) is 2.82. The number of hydrogen-bond acceptors (Lipinski definition) is 3. The highest BCUT2D eigenvalue weighted by Gasteiger charge is 2.18. The molecule has 4 rings (SSSR count). The Hall–Kier alpha value is -2.63. The minimum atomic E-state index is -0.236. The summed E-state index contributed by atoms with van der Waals surface area (Å²) in [5.41, 5.74) is 2.13. The van der Waals surface area contributed by atoms with E-state index < -0.39 is 0 Å². The summed E-state index contributed by atoms with van der Waals surface area (Å²) < 4.78 is 2.87. The van der Waals surface area contributed by atoms with Gasteiger partial charge in [0.15, 0.2) is 5.82 Å². The van der Waals surface area contributed by atoms with Gasteiger partial charge in [0, 0.05) is 21.8 Å². The van der Waals surface area contributed by atoms with Crippen molar-refractivity contribution in [2.45, 2.75) is 13.5 Å². The number of thiophene rings is 1. The molecular weight excluding hydrogens is 366 g/mol. The molecule has 26 heavy (non-hydrogen) atoms. The van der Waals surface area contributed by atoms with E-state index in [0.29, 0.717) is 22.3 Å². The molecular formula is C20H16ClN3OS. The first-order chi connectivity index (χ1) is 12.6. The molecule has 2 aromatic heterocycles. The summed E-state index contributed by atoms with van der Waals surface area (Å²) in [6, 6.07) is 19.7. The maximum Gasteiger partial charge on any atom is 0.268 e. The highest BCUT2D eigenvalue weighted by atomic mass is 35.5. The fourth-order valence-corrected chi connectivity index (χ4v) is 4.23. The lowest BCUT2D eigenvalue weighted by Crippen LogP contribution is -2.12.